The van der Waals surface area contributed by atoms with Crippen LogP contribution in [0.25, 0.3) is 10.9 Å². The van der Waals surface area contributed by atoms with Crippen molar-refractivity contribution >= 4 is 38.4 Å². The van der Waals surface area contributed by atoms with Crippen molar-refractivity contribution in [1.29, 1.82) is 0 Å². The molecule has 2 heterocycles. The van der Waals surface area contributed by atoms with Gasteiger partial charge >= 0.3 is 11.4 Å². The molecule has 0 bridgehead atoms. The minimum atomic E-state index is -0.885. The minimum Gasteiger partial charge on any atom is -0.372 e. The van der Waals surface area contributed by atoms with E-state index in [9.17, 15) is 14.0 Å². The molecule has 8 heteroatoms. The van der Waals surface area contributed by atoms with E-state index in [0.29, 0.717) is 0 Å². The Hall–Kier alpha value is -1.18. The van der Waals surface area contributed by atoms with E-state index >= 15 is 0 Å². The highest BCUT2D eigenvalue weighted by Crippen LogP contribution is 2.31. The predicted molar refractivity (Wildman–Crippen MR) is 85.1 cm³/mol. The molecule has 1 atom stereocenters. The van der Waals surface area contributed by atoms with Crippen LogP contribution in [0.15, 0.2) is 24.5 Å². The smallest absolute Gasteiger partial charge is 0.372 e. The molecular formula is C14H13BrClFN2O3. The summed E-state index contributed by atoms with van der Waals surface area (Å²) < 4.78 is 20.5. The molecule has 0 spiro atoms. The monoisotopic (exact) mass is 390 g/mol. The largest absolute Gasteiger partial charge is 0.422 e. The van der Waals surface area contributed by atoms with Gasteiger partial charge in [-0.3, -0.25) is 4.57 Å². The van der Waals surface area contributed by atoms with E-state index in [4.69, 9.17) is 16.0 Å². The van der Waals surface area contributed by atoms with Crippen LogP contribution in [-0.4, -0.2) is 29.1 Å². The van der Waals surface area contributed by atoms with Crippen molar-refractivity contribution < 1.29 is 8.81 Å². The fraction of sp³-hybridized carbons (Fsp3) is 0.429. The third-order valence-electron chi connectivity index (χ3n) is 4.09. The molecule has 3 rings (SSSR count). The second-order valence-corrected chi connectivity index (χ2v) is 6.63. The molecule has 1 unspecified atom stereocenters. The van der Waals surface area contributed by atoms with Crippen molar-refractivity contribution in [2.24, 2.45) is 0 Å². The highest BCUT2D eigenvalue weighted by Gasteiger charge is 2.25. The van der Waals surface area contributed by atoms with E-state index < -0.39 is 17.2 Å². The minimum absolute atomic E-state index is 0.0280. The maximum Gasteiger partial charge on any atom is 0.422 e. The summed E-state index contributed by atoms with van der Waals surface area (Å²) in [5.41, 5.74) is -0.956. The van der Waals surface area contributed by atoms with Crippen LogP contribution in [0.2, 0.25) is 5.02 Å². The van der Waals surface area contributed by atoms with Gasteiger partial charge in [0.15, 0.2) is 5.82 Å². The molecule has 5 nitrogen and oxygen atoms in total. The maximum absolute atomic E-state index is 14.6. The molecule has 118 valence electrons. The van der Waals surface area contributed by atoms with Gasteiger partial charge in [0.1, 0.15) is 0 Å². The third kappa shape index (κ3) is 2.51. The lowest BCUT2D eigenvalue weighted by Gasteiger charge is -2.21. The van der Waals surface area contributed by atoms with Crippen LogP contribution < -0.4 is 11.4 Å². The number of hydrogen-bond donors (Lipinski definition) is 0. The summed E-state index contributed by atoms with van der Waals surface area (Å²) in [6.45, 7) is 1.19. The Morgan fingerprint density at radius 2 is 2.23 bits per heavy atom. The fourth-order valence-electron chi connectivity index (χ4n) is 2.87. The van der Waals surface area contributed by atoms with Crippen LogP contribution in [-0.2, 0) is 6.54 Å². The van der Waals surface area contributed by atoms with E-state index in [-0.39, 0.29) is 33.0 Å². The van der Waals surface area contributed by atoms with Gasteiger partial charge in [-0.05, 0) is 48.4 Å². The van der Waals surface area contributed by atoms with Crippen LogP contribution in [0.5, 0.6) is 0 Å². The lowest BCUT2D eigenvalue weighted by Crippen LogP contribution is -2.35. The average Bonchev–Trinajstić information content (AvgIpc) is 2.86. The van der Waals surface area contributed by atoms with Gasteiger partial charge in [0, 0.05) is 12.6 Å². The molecule has 22 heavy (non-hydrogen) atoms. The first kappa shape index (κ1) is 15.7. The molecule has 1 aliphatic heterocycles. The van der Waals surface area contributed by atoms with Crippen LogP contribution in [0, 0.1) is 5.82 Å². The number of likely N-dealkylation sites (N-methyl/N-ethyl adjacent to an activating group) is 1. The van der Waals surface area contributed by atoms with Crippen LogP contribution in [0.4, 0.5) is 4.39 Å². The Morgan fingerprint density at radius 1 is 1.50 bits per heavy atom. The average molecular weight is 392 g/mol. The van der Waals surface area contributed by atoms with Crippen LogP contribution >= 0.6 is 27.5 Å². The van der Waals surface area contributed by atoms with Gasteiger partial charge in [0.05, 0.1) is 20.4 Å². The molecule has 1 aromatic carbocycles. The summed E-state index contributed by atoms with van der Waals surface area (Å²) in [5, 5.41) is 0.0198. The number of aromatic nitrogens is 1. The van der Waals surface area contributed by atoms with Crippen molar-refractivity contribution in [2.45, 2.75) is 25.4 Å². The molecule has 1 aliphatic rings. The molecule has 1 fully saturated rings. The molecule has 0 saturated carbocycles. The maximum atomic E-state index is 14.6. The van der Waals surface area contributed by atoms with Gasteiger partial charge in [0.2, 0.25) is 0 Å². The van der Waals surface area contributed by atoms with Crippen molar-refractivity contribution in [3.63, 3.8) is 0 Å². The van der Waals surface area contributed by atoms with Gasteiger partial charge in [0.25, 0.3) is 0 Å². The number of halogens is 3. The van der Waals surface area contributed by atoms with E-state index in [1.54, 1.807) is 0 Å². The summed E-state index contributed by atoms with van der Waals surface area (Å²) >= 11 is 8.93. The Balaban J connectivity index is 2.27. The van der Waals surface area contributed by atoms with Gasteiger partial charge in [-0.25, -0.2) is 14.0 Å². The Kier molecular flexibility index (Phi) is 4.13. The molecule has 0 N–H and O–H groups in total. The lowest BCUT2D eigenvalue weighted by atomic mass is 10.2. The molecule has 1 saturated heterocycles. The molecule has 1 aromatic heterocycles. The lowest BCUT2D eigenvalue weighted by molar-refractivity contribution is 0.270. The predicted octanol–water partition coefficient (Wildman–Crippen LogP) is 2.60. The molecule has 0 aliphatic carbocycles. The summed E-state index contributed by atoms with van der Waals surface area (Å²) in [7, 11) is 1.95. The summed E-state index contributed by atoms with van der Waals surface area (Å²) in [4.78, 5) is 26.0. The van der Waals surface area contributed by atoms with E-state index in [1.165, 1.54) is 10.6 Å². The summed E-state index contributed by atoms with van der Waals surface area (Å²) in [6, 6.07) is 1.41. The standard InChI is InChI=1S/C14H13BrClFN2O3/c1-18-4-2-3-7(18)6-19-12-8(13(20)22-14(19)21)5-9(16)10(15)11(12)17/h5,7H,2-4,6H2,1H3. The van der Waals surface area contributed by atoms with Crippen molar-refractivity contribution in [2.75, 3.05) is 13.6 Å². The Labute approximate surface area is 138 Å². The van der Waals surface area contributed by atoms with E-state index in [0.717, 1.165) is 19.4 Å². The number of rotatable bonds is 2. The molecule has 0 radical (unpaired) electrons. The van der Waals surface area contributed by atoms with Crippen LogP contribution in [0.3, 0.4) is 0 Å². The van der Waals surface area contributed by atoms with E-state index in [2.05, 4.69) is 20.8 Å². The molecular weight excluding hydrogens is 379 g/mol. The zero-order chi connectivity index (χ0) is 16.0. The number of fused-ring (bicyclic) bond motifs is 1. The number of benzene rings is 1. The first-order valence-electron chi connectivity index (χ1n) is 6.81. The van der Waals surface area contributed by atoms with Crippen molar-refractivity contribution in [3.8, 4) is 0 Å². The van der Waals surface area contributed by atoms with Gasteiger partial charge in [-0.1, -0.05) is 11.6 Å². The topological polar surface area (TPSA) is 55.5 Å². The van der Waals surface area contributed by atoms with E-state index in [1.807, 2.05) is 7.05 Å². The zero-order valence-corrected chi connectivity index (χ0v) is 14.1. The normalized spacial score (nSPS) is 19.2. The molecule has 2 aromatic rings. The molecule has 0 amide bonds. The van der Waals surface area contributed by atoms with Gasteiger partial charge in [-0.15, -0.1) is 0 Å². The second-order valence-electron chi connectivity index (χ2n) is 5.43. The fourth-order valence-corrected chi connectivity index (χ4v) is 3.37. The third-order valence-corrected chi connectivity index (χ3v) is 5.39. The highest BCUT2D eigenvalue weighted by atomic mass is 79.9. The SMILES string of the molecule is CN1CCCC1Cn1c(=O)oc(=O)c2cc(Cl)c(Br)c(F)c21. The summed E-state index contributed by atoms with van der Waals surface area (Å²) in [6.07, 6.45) is 1.92. The zero-order valence-electron chi connectivity index (χ0n) is 11.7. The Morgan fingerprint density at radius 3 is 2.86 bits per heavy atom. The van der Waals surface area contributed by atoms with Crippen molar-refractivity contribution in [3.05, 3.63) is 42.3 Å². The van der Waals surface area contributed by atoms with Gasteiger partial charge in [-0.2, -0.15) is 0 Å². The van der Waals surface area contributed by atoms with Crippen LogP contribution in [0.1, 0.15) is 12.8 Å². The summed E-state index contributed by atoms with van der Waals surface area (Å²) in [5.74, 6) is -1.58. The first-order valence-corrected chi connectivity index (χ1v) is 7.98. The van der Waals surface area contributed by atoms with Crippen molar-refractivity contribution in [1.82, 2.24) is 9.47 Å². The van der Waals surface area contributed by atoms with Gasteiger partial charge < -0.3 is 9.32 Å². The number of likely N-dealkylation sites (tertiary alicyclic amines) is 1. The Bertz CT molecular complexity index is 864. The quantitative estimate of drug-likeness (QED) is 0.739. The highest BCUT2D eigenvalue weighted by molar-refractivity contribution is 9.10. The first-order chi connectivity index (χ1) is 10.4. The number of hydrogen-bond acceptors (Lipinski definition) is 4. The second kappa shape index (κ2) is 5.79. The number of nitrogens with zero attached hydrogens (tertiary/aromatic N) is 2.